The van der Waals surface area contributed by atoms with Crippen molar-refractivity contribution in [2.45, 2.75) is 26.3 Å². The molecule has 21 heavy (non-hydrogen) atoms. The number of anilines is 1. The van der Waals surface area contributed by atoms with Gasteiger partial charge in [-0.1, -0.05) is 13.8 Å². The van der Waals surface area contributed by atoms with E-state index in [1.807, 2.05) is 0 Å². The molecule has 114 valence electrons. The van der Waals surface area contributed by atoms with E-state index in [2.05, 4.69) is 21.2 Å². The molecule has 4 nitrogen and oxygen atoms in total. The van der Waals surface area contributed by atoms with E-state index in [1.165, 1.54) is 0 Å². The molecule has 1 aromatic carbocycles. The van der Waals surface area contributed by atoms with Gasteiger partial charge in [-0.3, -0.25) is 9.59 Å². The highest BCUT2D eigenvalue weighted by atomic mass is 79.9. The van der Waals surface area contributed by atoms with Crippen LogP contribution in [0.15, 0.2) is 16.6 Å². The molecule has 1 aromatic rings. The summed E-state index contributed by atoms with van der Waals surface area (Å²) < 4.78 is 27.7. The van der Waals surface area contributed by atoms with Crippen LogP contribution >= 0.6 is 15.9 Å². The van der Waals surface area contributed by atoms with Crippen LogP contribution in [0.25, 0.3) is 0 Å². The van der Waals surface area contributed by atoms with E-state index in [0.717, 1.165) is 17.0 Å². The minimum Gasteiger partial charge on any atom is -0.344 e. The number of rotatable bonds is 2. The number of halogens is 3. The number of hydrogen-bond donors (Lipinski definition) is 1. The van der Waals surface area contributed by atoms with Crippen molar-refractivity contribution in [1.29, 1.82) is 0 Å². The van der Waals surface area contributed by atoms with Crippen molar-refractivity contribution in [3.63, 3.8) is 0 Å². The zero-order valence-corrected chi connectivity index (χ0v) is 13.2. The van der Waals surface area contributed by atoms with E-state index in [9.17, 15) is 18.4 Å². The Hall–Kier alpha value is -1.50. The smallest absolute Gasteiger partial charge is 0.249 e. The molecule has 1 unspecified atom stereocenters. The molecule has 0 bridgehead atoms. The van der Waals surface area contributed by atoms with Gasteiger partial charge in [-0.2, -0.15) is 0 Å². The Morgan fingerprint density at radius 3 is 2.57 bits per heavy atom. The highest BCUT2D eigenvalue weighted by molar-refractivity contribution is 9.10. The maximum Gasteiger partial charge on any atom is 0.249 e. The zero-order valence-electron chi connectivity index (χ0n) is 11.6. The number of nitrogens with one attached hydrogen (secondary N) is 1. The van der Waals surface area contributed by atoms with Gasteiger partial charge in [0, 0.05) is 19.0 Å². The summed E-state index contributed by atoms with van der Waals surface area (Å²) in [6.45, 7) is 3.58. The molecule has 1 heterocycles. The first-order chi connectivity index (χ1) is 9.81. The van der Waals surface area contributed by atoms with Crippen molar-refractivity contribution in [3.05, 3.63) is 28.2 Å². The number of nitrogens with zero attached hydrogens (tertiary/aromatic N) is 1. The molecule has 0 aliphatic carbocycles. The molecule has 0 saturated carbocycles. The van der Waals surface area contributed by atoms with Crippen LogP contribution in [-0.4, -0.2) is 24.4 Å². The molecular formula is C14H15BrF2N2O2. The van der Waals surface area contributed by atoms with E-state index >= 15 is 0 Å². The van der Waals surface area contributed by atoms with Crippen LogP contribution in [0.1, 0.15) is 20.3 Å². The summed E-state index contributed by atoms with van der Waals surface area (Å²) >= 11 is 2.89. The summed E-state index contributed by atoms with van der Waals surface area (Å²) in [7, 11) is 0. The molecule has 2 rings (SSSR count). The third-order valence-electron chi connectivity index (χ3n) is 3.36. The Labute approximate surface area is 129 Å². The van der Waals surface area contributed by atoms with Crippen molar-refractivity contribution in [2.75, 3.05) is 11.4 Å². The summed E-state index contributed by atoms with van der Waals surface area (Å²) in [4.78, 5) is 25.3. The van der Waals surface area contributed by atoms with Crippen LogP contribution < -0.4 is 10.2 Å². The molecule has 1 saturated heterocycles. The lowest BCUT2D eigenvalue weighted by Crippen LogP contribution is -2.48. The van der Waals surface area contributed by atoms with Gasteiger partial charge in [0.05, 0.1) is 10.2 Å². The van der Waals surface area contributed by atoms with E-state index in [-0.39, 0.29) is 35.0 Å². The van der Waals surface area contributed by atoms with Gasteiger partial charge in [0.1, 0.15) is 17.7 Å². The number of carbonyl (C=O) groups is 2. The number of carbonyl (C=O) groups excluding carboxylic acids is 2. The van der Waals surface area contributed by atoms with Crippen molar-refractivity contribution >= 4 is 33.4 Å². The molecule has 2 amide bonds. The second-order valence-electron chi connectivity index (χ2n) is 5.25. The van der Waals surface area contributed by atoms with Crippen molar-refractivity contribution in [3.8, 4) is 0 Å². The molecule has 0 radical (unpaired) electrons. The average Bonchev–Trinajstić information content (AvgIpc) is 2.54. The van der Waals surface area contributed by atoms with Crippen LogP contribution in [0.5, 0.6) is 0 Å². The summed E-state index contributed by atoms with van der Waals surface area (Å²) in [6.07, 6.45) is 0.0477. The summed E-state index contributed by atoms with van der Waals surface area (Å²) in [5, 5.41) is 2.62. The van der Waals surface area contributed by atoms with Gasteiger partial charge in [-0.25, -0.2) is 8.78 Å². The van der Waals surface area contributed by atoms with Crippen LogP contribution in [0.4, 0.5) is 14.5 Å². The Morgan fingerprint density at radius 1 is 1.29 bits per heavy atom. The monoisotopic (exact) mass is 360 g/mol. The summed E-state index contributed by atoms with van der Waals surface area (Å²) in [5.41, 5.74) is -0.150. The predicted molar refractivity (Wildman–Crippen MR) is 77.8 cm³/mol. The molecule has 1 aliphatic heterocycles. The largest absolute Gasteiger partial charge is 0.344 e. The lowest BCUT2D eigenvalue weighted by atomic mass is 10.0. The molecule has 1 N–H and O–H groups in total. The van der Waals surface area contributed by atoms with Gasteiger partial charge in [0.2, 0.25) is 11.8 Å². The van der Waals surface area contributed by atoms with Crippen molar-refractivity contribution in [1.82, 2.24) is 5.32 Å². The number of amides is 2. The highest BCUT2D eigenvalue weighted by Crippen LogP contribution is 2.28. The number of hydrogen-bond acceptors (Lipinski definition) is 2. The molecular weight excluding hydrogens is 346 g/mol. The van der Waals surface area contributed by atoms with Crippen LogP contribution in [0, 0.1) is 17.6 Å². The van der Waals surface area contributed by atoms with Gasteiger partial charge >= 0.3 is 0 Å². The molecule has 0 spiro atoms. The fraction of sp³-hybridized carbons (Fsp3) is 0.429. The Bertz CT molecular complexity index is 593. The van der Waals surface area contributed by atoms with E-state index in [0.29, 0.717) is 0 Å². The fourth-order valence-corrected chi connectivity index (χ4v) is 2.52. The molecule has 1 atom stereocenters. The van der Waals surface area contributed by atoms with Crippen LogP contribution in [-0.2, 0) is 9.59 Å². The predicted octanol–water partition coefficient (Wildman–Crippen LogP) is 2.60. The SMILES string of the molecule is CC(C)C1NC(=O)CCN(c2cc(F)c(Br)cc2F)C1=O. The van der Waals surface area contributed by atoms with Gasteiger partial charge in [0.15, 0.2) is 0 Å². The standard InChI is InChI=1S/C14H15BrF2N2O2/c1-7(2)13-14(21)19(4-3-12(20)18-13)11-6-9(16)8(15)5-10(11)17/h5-7,13H,3-4H2,1-2H3,(H,18,20). The lowest BCUT2D eigenvalue weighted by molar-refractivity contribution is -0.126. The quantitative estimate of drug-likeness (QED) is 0.824. The van der Waals surface area contributed by atoms with E-state index in [1.54, 1.807) is 13.8 Å². The minimum absolute atomic E-state index is 0.0133. The first-order valence-electron chi connectivity index (χ1n) is 6.56. The average molecular weight is 361 g/mol. The van der Waals surface area contributed by atoms with Gasteiger partial charge in [-0.05, 0) is 27.9 Å². The van der Waals surface area contributed by atoms with Crippen LogP contribution in [0.2, 0.25) is 0 Å². The maximum absolute atomic E-state index is 14.1. The Kier molecular flexibility index (Phi) is 4.61. The first kappa shape index (κ1) is 15.9. The highest BCUT2D eigenvalue weighted by Gasteiger charge is 2.34. The molecule has 1 aliphatic rings. The molecule has 1 fully saturated rings. The third-order valence-corrected chi connectivity index (χ3v) is 3.97. The summed E-state index contributed by atoms with van der Waals surface area (Å²) in [5.74, 6) is -2.23. The van der Waals surface area contributed by atoms with Crippen LogP contribution in [0.3, 0.4) is 0 Å². The second-order valence-corrected chi connectivity index (χ2v) is 6.10. The zero-order chi connectivity index (χ0) is 15.7. The van der Waals surface area contributed by atoms with Crippen molar-refractivity contribution < 1.29 is 18.4 Å². The minimum atomic E-state index is -0.744. The molecule has 0 aromatic heterocycles. The normalized spacial score (nSPS) is 19.7. The second kappa shape index (κ2) is 6.09. The maximum atomic E-state index is 14.1. The Balaban J connectivity index is 2.44. The molecule has 7 heteroatoms. The lowest BCUT2D eigenvalue weighted by Gasteiger charge is -2.26. The summed E-state index contributed by atoms with van der Waals surface area (Å²) in [6, 6.07) is 1.19. The van der Waals surface area contributed by atoms with E-state index in [4.69, 9.17) is 0 Å². The fourth-order valence-electron chi connectivity index (χ4n) is 2.21. The first-order valence-corrected chi connectivity index (χ1v) is 7.36. The Morgan fingerprint density at radius 2 is 1.95 bits per heavy atom. The van der Waals surface area contributed by atoms with Crippen molar-refractivity contribution in [2.24, 2.45) is 5.92 Å². The third kappa shape index (κ3) is 3.23. The van der Waals surface area contributed by atoms with Gasteiger partial charge < -0.3 is 10.2 Å². The number of benzene rings is 1. The van der Waals surface area contributed by atoms with Gasteiger partial charge in [0.25, 0.3) is 0 Å². The van der Waals surface area contributed by atoms with E-state index < -0.39 is 23.6 Å². The topological polar surface area (TPSA) is 49.4 Å². The van der Waals surface area contributed by atoms with Gasteiger partial charge in [-0.15, -0.1) is 0 Å².